The molecule has 0 spiro atoms. The van der Waals surface area contributed by atoms with E-state index in [1.54, 1.807) is 21.1 Å². The fourth-order valence-electron chi connectivity index (χ4n) is 4.95. The summed E-state index contributed by atoms with van der Waals surface area (Å²) in [5, 5.41) is 11.6. The Morgan fingerprint density at radius 2 is 1.24 bits per heavy atom. The molecule has 0 saturated heterocycles. The number of nitrogens with zero attached hydrogens (tertiary/aromatic N) is 1. The largest absolute Gasteiger partial charge is 0.544 e. The summed E-state index contributed by atoms with van der Waals surface area (Å²) < 4.78 is 17.0. The molecular formula is C42H69NO7. The van der Waals surface area contributed by atoms with Crippen LogP contribution in [0.25, 0.3) is 0 Å². The summed E-state index contributed by atoms with van der Waals surface area (Å²) in [5.41, 5.74) is 0. The molecule has 50 heavy (non-hydrogen) atoms. The van der Waals surface area contributed by atoms with Crippen LogP contribution in [0.5, 0.6) is 0 Å². The van der Waals surface area contributed by atoms with Crippen molar-refractivity contribution in [3.05, 3.63) is 72.9 Å². The Morgan fingerprint density at radius 3 is 1.90 bits per heavy atom. The first kappa shape index (κ1) is 46.8. The van der Waals surface area contributed by atoms with Crippen molar-refractivity contribution in [3.63, 3.8) is 0 Å². The van der Waals surface area contributed by atoms with E-state index in [0.717, 1.165) is 38.5 Å². The Bertz CT molecular complexity index is 1050. The van der Waals surface area contributed by atoms with Crippen LogP contribution < -0.4 is 5.11 Å². The van der Waals surface area contributed by atoms with Gasteiger partial charge in [-0.3, -0.25) is 9.59 Å². The van der Waals surface area contributed by atoms with Gasteiger partial charge in [0.2, 0.25) is 0 Å². The van der Waals surface area contributed by atoms with Crippen LogP contribution >= 0.6 is 0 Å². The second-order valence-corrected chi connectivity index (χ2v) is 13.5. The maximum atomic E-state index is 12.6. The lowest BCUT2D eigenvalue weighted by atomic mass is 10.1. The van der Waals surface area contributed by atoms with Crippen molar-refractivity contribution in [1.29, 1.82) is 0 Å². The number of ether oxygens (including phenoxy) is 3. The van der Waals surface area contributed by atoms with Crippen LogP contribution in [0.2, 0.25) is 0 Å². The zero-order chi connectivity index (χ0) is 37.1. The van der Waals surface area contributed by atoms with Gasteiger partial charge in [-0.2, -0.15) is 0 Å². The number of allylic oxidation sites excluding steroid dienone is 12. The maximum absolute atomic E-state index is 12.6. The van der Waals surface area contributed by atoms with Crippen molar-refractivity contribution >= 4 is 17.9 Å². The number of carboxylic acids is 1. The molecule has 0 aromatic carbocycles. The van der Waals surface area contributed by atoms with Crippen LogP contribution in [0, 0.1) is 0 Å². The minimum atomic E-state index is -1.14. The van der Waals surface area contributed by atoms with E-state index in [1.807, 2.05) is 48.6 Å². The Kier molecular flexibility index (Phi) is 30.8. The third kappa shape index (κ3) is 30.8. The predicted molar refractivity (Wildman–Crippen MR) is 203 cm³/mol. The highest BCUT2D eigenvalue weighted by Gasteiger charge is 2.25. The van der Waals surface area contributed by atoms with Gasteiger partial charge in [-0.15, -0.1) is 0 Å². The third-order valence-corrected chi connectivity index (χ3v) is 7.93. The number of unbranched alkanes of at least 4 members (excludes halogenated alkanes) is 9. The molecule has 284 valence electrons. The molecule has 0 aliphatic heterocycles. The Morgan fingerprint density at radius 1 is 0.640 bits per heavy atom. The number of quaternary nitrogens is 1. The molecule has 8 nitrogen and oxygen atoms in total. The standard InChI is InChI=1S/C42H69NO7/c1-6-8-10-12-14-16-18-20-22-24-26-28-30-32-40(44)49-37-38(36-48-35-34-39(42(46)47)43(3,4)5)50-41(45)33-31-29-27-25-23-21-19-17-15-13-11-9-7-2/h8,10,12,14,16,18,20-23,27,29,38-39H,6-7,9,11,13,15,17,19,24-26,28,30-37H2,1-5H3/b10-8+,14-12+,18-16+,22-20+,23-21+,29-27+. The summed E-state index contributed by atoms with van der Waals surface area (Å²) in [5.74, 6) is -1.89. The molecule has 0 bridgehead atoms. The van der Waals surface area contributed by atoms with Crippen LogP contribution in [0.3, 0.4) is 0 Å². The number of hydrogen-bond acceptors (Lipinski definition) is 7. The van der Waals surface area contributed by atoms with E-state index < -0.39 is 24.1 Å². The highest BCUT2D eigenvalue weighted by Crippen LogP contribution is 2.10. The summed E-state index contributed by atoms with van der Waals surface area (Å²) >= 11 is 0. The molecule has 0 aliphatic rings. The zero-order valence-corrected chi connectivity index (χ0v) is 32.0. The highest BCUT2D eigenvalue weighted by atomic mass is 16.6. The van der Waals surface area contributed by atoms with E-state index in [4.69, 9.17) is 14.2 Å². The number of carbonyl (C=O) groups excluding carboxylic acids is 3. The first-order chi connectivity index (χ1) is 24.1. The van der Waals surface area contributed by atoms with E-state index in [9.17, 15) is 19.5 Å². The van der Waals surface area contributed by atoms with Crippen molar-refractivity contribution in [2.24, 2.45) is 0 Å². The SMILES string of the molecule is CC/C=C/C=C/C=C/C=C/CCCCCC(=O)OCC(COCCC(C(=O)[O-])[N+](C)(C)C)OC(=O)CC/C=C/C/C=C/CCCCCCCC. The number of rotatable bonds is 32. The lowest BCUT2D eigenvalue weighted by Crippen LogP contribution is -2.55. The molecule has 2 atom stereocenters. The zero-order valence-electron chi connectivity index (χ0n) is 32.0. The number of esters is 2. The number of hydrogen-bond donors (Lipinski definition) is 0. The van der Waals surface area contributed by atoms with Crippen LogP contribution in [0.1, 0.15) is 123 Å². The van der Waals surface area contributed by atoms with Crippen molar-refractivity contribution in [3.8, 4) is 0 Å². The molecule has 0 aliphatic carbocycles. The van der Waals surface area contributed by atoms with Crippen LogP contribution in [0.4, 0.5) is 0 Å². The van der Waals surface area contributed by atoms with Crippen LogP contribution in [0.15, 0.2) is 72.9 Å². The summed E-state index contributed by atoms with van der Waals surface area (Å²) in [6.45, 7) is 4.37. The molecule has 0 rings (SSSR count). The van der Waals surface area contributed by atoms with Gasteiger partial charge in [0.15, 0.2) is 6.10 Å². The smallest absolute Gasteiger partial charge is 0.306 e. The van der Waals surface area contributed by atoms with Crippen molar-refractivity contribution in [1.82, 2.24) is 0 Å². The van der Waals surface area contributed by atoms with Crippen molar-refractivity contribution in [2.45, 2.75) is 135 Å². The van der Waals surface area contributed by atoms with Crippen LogP contribution in [-0.4, -0.2) is 75.5 Å². The summed E-state index contributed by atoms with van der Waals surface area (Å²) in [4.78, 5) is 36.6. The molecule has 0 radical (unpaired) electrons. The summed E-state index contributed by atoms with van der Waals surface area (Å²) in [6, 6.07) is -0.743. The lowest BCUT2D eigenvalue weighted by Gasteiger charge is -2.34. The highest BCUT2D eigenvalue weighted by molar-refractivity contribution is 5.70. The number of carbonyl (C=O) groups is 3. The minimum Gasteiger partial charge on any atom is -0.544 e. The minimum absolute atomic E-state index is 0.00117. The number of carboxylic acid groups (broad SMARTS) is 1. The molecule has 0 N–H and O–H groups in total. The quantitative estimate of drug-likeness (QED) is 0.0229. The molecule has 8 heteroatoms. The van der Waals surface area contributed by atoms with Gasteiger partial charge in [-0.05, 0) is 51.4 Å². The van der Waals surface area contributed by atoms with Gasteiger partial charge in [0, 0.05) is 19.3 Å². The molecule has 0 saturated carbocycles. The first-order valence-electron chi connectivity index (χ1n) is 19.0. The van der Waals surface area contributed by atoms with E-state index in [1.165, 1.54) is 38.5 Å². The number of likely N-dealkylation sites (N-methyl/N-ethyl adjacent to an activating group) is 1. The predicted octanol–water partition coefficient (Wildman–Crippen LogP) is 8.29. The first-order valence-corrected chi connectivity index (χ1v) is 19.0. The fraction of sp³-hybridized carbons (Fsp3) is 0.643. The van der Waals surface area contributed by atoms with E-state index in [0.29, 0.717) is 12.8 Å². The van der Waals surface area contributed by atoms with Crippen LogP contribution in [-0.2, 0) is 28.6 Å². The fourth-order valence-corrected chi connectivity index (χ4v) is 4.95. The molecule has 2 unspecified atom stereocenters. The van der Waals surface area contributed by atoms with Crippen molar-refractivity contribution < 1.29 is 38.2 Å². The molecule has 0 aromatic heterocycles. The Hall–Kier alpha value is -3.23. The Labute approximate surface area is 304 Å². The molecule has 0 amide bonds. The third-order valence-electron chi connectivity index (χ3n) is 7.93. The monoisotopic (exact) mass is 700 g/mol. The van der Waals surface area contributed by atoms with E-state index in [2.05, 4.69) is 38.2 Å². The maximum Gasteiger partial charge on any atom is 0.306 e. The van der Waals surface area contributed by atoms with Gasteiger partial charge in [0.1, 0.15) is 12.6 Å². The van der Waals surface area contributed by atoms with E-state index in [-0.39, 0.29) is 49.5 Å². The van der Waals surface area contributed by atoms with Gasteiger partial charge in [0.05, 0.1) is 40.3 Å². The second kappa shape index (κ2) is 32.9. The van der Waals surface area contributed by atoms with Gasteiger partial charge in [0.25, 0.3) is 0 Å². The topological polar surface area (TPSA) is 102 Å². The van der Waals surface area contributed by atoms with Crippen molar-refractivity contribution in [2.75, 3.05) is 41.0 Å². The number of aliphatic carboxylic acids is 1. The molecular weight excluding hydrogens is 630 g/mol. The average Bonchev–Trinajstić information content (AvgIpc) is 3.06. The van der Waals surface area contributed by atoms with Gasteiger partial charge < -0.3 is 28.6 Å². The molecule has 0 fully saturated rings. The summed E-state index contributed by atoms with van der Waals surface area (Å²) in [7, 11) is 5.35. The molecule has 0 heterocycles. The van der Waals surface area contributed by atoms with Gasteiger partial charge in [-0.1, -0.05) is 125 Å². The van der Waals surface area contributed by atoms with E-state index >= 15 is 0 Å². The average molecular weight is 700 g/mol. The lowest BCUT2D eigenvalue weighted by molar-refractivity contribution is -0.889. The normalized spacial score (nSPS) is 13.9. The van der Waals surface area contributed by atoms with Gasteiger partial charge in [-0.25, -0.2) is 0 Å². The van der Waals surface area contributed by atoms with Gasteiger partial charge >= 0.3 is 11.9 Å². The molecule has 0 aromatic rings. The second-order valence-electron chi connectivity index (χ2n) is 13.5. The Balaban J connectivity index is 4.60. The summed E-state index contributed by atoms with van der Waals surface area (Å²) in [6.07, 6.45) is 39.5.